The van der Waals surface area contributed by atoms with Crippen molar-refractivity contribution in [1.29, 1.82) is 0 Å². The Balaban J connectivity index is 1.62. The molecule has 1 fully saturated rings. The summed E-state index contributed by atoms with van der Waals surface area (Å²) in [5.74, 6) is -0.837. The zero-order valence-electron chi connectivity index (χ0n) is 14.0. The standard InChI is InChI=1S/C19H18FN3O3/c20-16-5-7-17(8-6-16)21-18(25)14-1-3-15(4-2-14)19(26)23-11-9-22(13-24)10-12-23/h1-8,13H,9-12H2,(H,21,25). The molecule has 0 spiro atoms. The number of anilines is 1. The average Bonchev–Trinajstić information content (AvgIpc) is 2.69. The Hall–Kier alpha value is -3.22. The van der Waals surface area contributed by atoms with Gasteiger partial charge >= 0.3 is 0 Å². The molecule has 1 heterocycles. The Kier molecular flexibility index (Phi) is 5.26. The normalized spacial score (nSPS) is 14.0. The summed E-state index contributed by atoms with van der Waals surface area (Å²) in [7, 11) is 0. The number of carbonyl (C=O) groups excluding carboxylic acids is 3. The van der Waals surface area contributed by atoms with Crippen LogP contribution in [-0.2, 0) is 4.79 Å². The molecule has 6 nitrogen and oxygen atoms in total. The van der Waals surface area contributed by atoms with Crippen LogP contribution in [0.2, 0.25) is 0 Å². The van der Waals surface area contributed by atoms with Crippen molar-refractivity contribution in [2.45, 2.75) is 0 Å². The number of amides is 3. The number of carbonyl (C=O) groups is 3. The number of nitrogens with one attached hydrogen (secondary N) is 1. The SMILES string of the molecule is O=CN1CCN(C(=O)c2ccc(C(=O)Nc3ccc(F)cc3)cc2)CC1. The summed E-state index contributed by atoms with van der Waals surface area (Å²) in [6, 6.07) is 11.8. The summed E-state index contributed by atoms with van der Waals surface area (Å²) < 4.78 is 12.9. The number of nitrogens with zero attached hydrogens (tertiary/aromatic N) is 2. The van der Waals surface area contributed by atoms with E-state index in [2.05, 4.69) is 5.32 Å². The number of piperazine rings is 1. The molecule has 0 radical (unpaired) electrons. The van der Waals surface area contributed by atoms with E-state index >= 15 is 0 Å². The molecule has 1 aliphatic heterocycles. The Bertz CT molecular complexity index is 798. The number of benzene rings is 2. The van der Waals surface area contributed by atoms with Crippen LogP contribution in [0.25, 0.3) is 0 Å². The van der Waals surface area contributed by atoms with Gasteiger partial charge in [-0.15, -0.1) is 0 Å². The topological polar surface area (TPSA) is 69.7 Å². The van der Waals surface area contributed by atoms with Gasteiger partial charge in [0.05, 0.1) is 0 Å². The minimum absolute atomic E-state index is 0.124. The molecule has 0 bridgehead atoms. The molecule has 1 N–H and O–H groups in total. The Labute approximate surface area is 150 Å². The van der Waals surface area contributed by atoms with Gasteiger partial charge in [0.25, 0.3) is 11.8 Å². The third-order valence-electron chi connectivity index (χ3n) is 4.25. The molecule has 1 saturated heterocycles. The third kappa shape index (κ3) is 4.05. The molecule has 0 unspecified atom stereocenters. The minimum atomic E-state index is -0.375. The first-order valence-electron chi connectivity index (χ1n) is 8.22. The van der Waals surface area contributed by atoms with Crippen LogP contribution in [0.15, 0.2) is 48.5 Å². The number of halogens is 1. The highest BCUT2D eigenvalue weighted by molar-refractivity contribution is 6.05. The van der Waals surface area contributed by atoms with Crippen LogP contribution in [0.3, 0.4) is 0 Å². The van der Waals surface area contributed by atoms with Crippen LogP contribution >= 0.6 is 0 Å². The molecule has 3 amide bonds. The second kappa shape index (κ2) is 7.77. The van der Waals surface area contributed by atoms with Gasteiger partial charge in [0.1, 0.15) is 5.82 Å². The second-order valence-electron chi connectivity index (χ2n) is 5.97. The fourth-order valence-corrected chi connectivity index (χ4v) is 2.71. The van der Waals surface area contributed by atoms with Crippen LogP contribution in [0.4, 0.5) is 10.1 Å². The van der Waals surface area contributed by atoms with Crippen molar-refractivity contribution in [1.82, 2.24) is 9.80 Å². The molecule has 1 aliphatic rings. The third-order valence-corrected chi connectivity index (χ3v) is 4.25. The first-order valence-corrected chi connectivity index (χ1v) is 8.22. The highest BCUT2D eigenvalue weighted by Gasteiger charge is 2.21. The molecule has 7 heteroatoms. The summed E-state index contributed by atoms with van der Waals surface area (Å²) in [5.41, 5.74) is 1.38. The van der Waals surface area contributed by atoms with Gasteiger partial charge in [-0.25, -0.2) is 4.39 Å². The van der Waals surface area contributed by atoms with E-state index in [1.165, 1.54) is 24.3 Å². The lowest BCUT2D eigenvalue weighted by Crippen LogP contribution is -2.48. The van der Waals surface area contributed by atoms with E-state index in [-0.39, 0.29) is 17.6 Å². The van der Waals surface area contributed by atoms with Gasteiger partial charge in [-0.1, -0.05) is 0 Å². The zero-order chi connectivity index (χ0) is 18.5. The first kappa shape index (κ1) is 17.6. The quantitative estimate of drug-likeness (QED) is 0.853. The van der Waals surface area contributed by atoms with E-state index in [0.29, 0.717) is 43.0 Å². The van der Waals surface area contributed by atoms with E-state index in [4.69, 9.17) is 0 Å². The van der Waals surface area contributed by atoms with Gasteiger partial charge in [0.2, 0.25) is 6.41 Å². The molecule has 0 atom stereocenters. The second-order valence-corrected chi connectivity index (χ2v) is 5.97. The van der Waals surface area contributed by atoms with Crippen LogP contribution in [0, 0.1) is 5.82 Å². The van der Waals surface area contributed by atoms with Crippen LogP contribution in [-0.4, -0.2) is 54.2 Å². The molecule has 26 heavy (non-hydrogen) atoms. The Morgan fingerprint density at radius 3 is 2.04 bits per heavy atom. The maximum Gasteiger partial charge on any atom is 0.255 e. The molecule has 2 aromatic rings. The number of hydrogen-bond acceptors (Lipinski definition) is 3. The van der Waals surface area contributed by atoms with Crippen molar-refractivity contribution in [3.63, 3.8) is 0 Å². The predicted octanol–water partition coefficient (Wildman–Crippen LogP) is 1.99. The molecule has 2 aromatic carbocycles. The maximum absolute atomic E-state index is 12.9. The van der Waals surface area contributed by atoms with Gasteiger partial charge in [-0.2, -0.15) is 0 Å². The first-order chi connectivity index (χ1) is 12.6. The molecule has 0 aliphatic carbocycles. The monoisotopic (exact) mass is 355 g/mol. The van der Waals surface area contributed by atoms with E-state index in [1.54, 1.807) is 34.1 Å². The smallest absolute Gasteiger partial charge is 0.255 e. The largest absolute Gasteiger partial charge is 0.342 e. The fraction of sp³-hybridized carbons (Fsp3) is 0.211. The lowest BCUT2D eigenvalue weighted by molar-refractivity contribution is -0.119. The van der Waals surface area contributed by atoms with Crippen LogP contribution in [0.5, 0.6) is 0 Å². The van der Waals surface area contributed by atoms with Gasteiger partial charge in [-0.3, -0.25) is 14.4 Å². The summed E-state index contributed by atoms with van der Waals surface area (Å²) >= 11 is 0. The maximum atomic E-state index is 12.9. The summed E-state index contributed by atoms with van der Waals surface area (Å²) in [4.78, 5) is 38.7. The lowest BCUT2D eigenvalue weighted by Gasteiger charge is -2.32. The molecule has 0 aromatic heterocycles. The molecular formula is C19H18FN3O3. The van der Waals surface area contributed by atoms with E-state index in [0.717, 1.165) is 6.41 Å². The van der Waals surface area contributed by atoms with Gasteiger partial charge in [-0.05, 0) is 48.5 Å². The van der Waals surface area contributed by atoms with E-state index in [9.17, 15) is 18.8 Å². The van der Waals surface area contributed by atoms with Gasteiger partial charge in [0.15, 0.2) is 0 Å². The number of rotatable bonds is 4. The van der Waals surface area contributed by atoms with E-state index in [1.807, 2.05) is 0 Å². The Morgan fingerprint density at radius 1 is 0.885 bits per heavy atom. The van der Waals surface area contributed by atoms with Crippen molar-refractivity contribution in [2.75, 3.05) is 31.5 Å². The predicted molar refractivity (Wildman–Crippen MR) is 94.3 cm³/mol. The average molecular weight is 355 g/mol. The van der Waals surface area contributed by atoms with Gasteiger partial charge < -0.3 is 15.1 Å². The van der Waals surface area contributed by atoms with E-state index < -0.39 is 0 Å². The molecular weight excluding hydrogens is 337 g/mol. The van der Waals surface area contributed by atoms with Crippen LogP contribution < -0.4 is 5.32 Å². The highest BCUT2D eigenvalue weighted by atomic mass is 19.1. The van der Waals surface area contributed by atoms with Crippen LogP contribution in [0.1, 0.15) is 20.7 Å². The number of hydrogen-bond donors (Lipinski definition) is 1. The van der Waals surface area contributed by atoms with Gasteiger partial charge in [0, 0.05) is 43.0 Å². The van der Waals surface area contributed by atoms with Crippen molar-refractivity contribution >= 4 is 23.9 Å². The fourth-order valence-electron chi connectivity index (χ4n) is 2.71. The highest BCUT2D eigenvalue weighted by Crippen LogP contribution is 2.13. The lowest BCUT2D eigenvalue weighted by atomic mass is 10.1. The summed E-state index contributed by atoms with van der Waals surface area (Å²) in [5, 5.41) is 2.67. The van der Waals surface area contributed by atoms with Crippen molar-refractivity contribution < 1.29 is 18.8 Å². The zero-order valence-corrected chi connectivity index (χ0v) is 14.0. The van der Waals surface area contributed by atoms with Crippen molar-refractivity contribution in [3.05, 3.63) is 65.5 Å². The molecule has 0 saturated carbocycles. The summed E-state index contributed by atoms with van der Waals surface area (Å²) in [6.45, 7) is 2.02. The molecule has 134 valence electrons. The minimum Gasteiger partial charge on any atom is -0.342 e. The Morgan fingerprint density at radius 2 is 1.46 bits per heavy atom. The molecule has 3 rings (SSSR count). The van der Waals surface area contributed by atoms with Crippen molar-refractivity contribution in [3.8, 4) is 0 Å². The van der Waals surface area contributed by atoms with Crippen molar-refractivity contribution in [2.24, 2.45) is 0 Å². The summed E-state index contributed by atoms with van der Waals surface area (Å²) in [6.07, 6.45) is 0.788.